The fourth-order valence-corrected chi connectivity index (χ4v) is 4.75. The summed E-state index contributed by atoms with van der Waals surface area (Å²) in [5.41, 5.74) is 0.790. The number of methoxy groups -OCH3 is 1. The zero-order valence-electron chi connectivity index (χ0n) is 22.8. The van der Waals surface area contributed by atoms with Gasteiger partial charge >= 0.3 is 0 Å². The maximum Gasteiger partial charge on any atom is 0.273 e. The Morgan fingerprint density at radius 2 is 1.79 bits per heavy atom. The van der Waals surface area contributed by atoms with E-state index in [1.807, 2.05) is 62.4 Å². The second kappa shape index (κ2) is 12.0. The Balaban J connectivity index is 1.52. The first kappa shape index (κ1) is 27.7. The number of carbonyl (C=O) groups is 3. The van der Waals surface area contributed by atoms with E-state index in [1.54, 1.807) is 23.5 Å². The summed E-state index contributed by atoms with van der Waals surface area (Å²) in [6.45, 7) is 7.16. The van der Waals surface area contributed by atoms with Gasteiger partial charge < -0.3 is 29.6 Å². The van der Waals surface area contributed by atoms with Crippen molar-refractivity contribution in [1.29, 1.82) is 0 Å². The largest absolute Gasteiger partial charge is 0.497 e. The van der Waals surface area contributed by atoms with Crippen LogP contribution in [0.15, 0.2) is 54.9 Å². The molecule has 4 rings (SSSR count). The Morgan fingerprint density at radius 3 is 2.49 bits per heavy atom. The van der Waals surface area contributed by atoms with Crippen molar-refractivity contribution in [3.05, 3.63) is 77.4 Å². The number of nitrogens with one attached hydrogen (secondary N) is 2. The van der Waals surface area contributed by atoms with Gasteiger partial charge in [-0.3, -0.25) is 14.4 Å². The average Bonchev–Trinajstić information content (AvgIpc) is 3.37. The molecule has 3 aromatic rings. The lowest BCUT2D eigenvalue weighted by atomic mass is 9.93. The van der Waals surface area contributed by atoms with Crippen molar-refractivity contribution in [3.8, 4) is 11.5 Å². The number of amides is 3. The van der Waals surface area contributed by atoms with E-state index in [0.29, 0.717) is 31.9 Å². The van der Waals surface area contributed by atoms with Crippen LogP contribution in [0, 0.1) is 0 Å². The Labute approximate surface area is 228 Å². The Bertz CT molecular complexity index is 1340. The highest BCUT2D eigenvalue weighted by Gasteiger charge is 2.48. The van der Waals surface area contributed by atoms with E-state index in [2.05, 4.69) is 15.6 Å². The Hall–Kier alpha value is -4.34. The summed E-state index contributed by atoms with van der Waals surface area (Å²) in [4.78, 5) is 46.2. The van der Waals surface area contributed by atoms with Gasteiger partial charge in [0.15, 0.2) is 5.69 Å². The number of hydrogen-bond acceptors (Lipinski definition) is 6. The van der Waals surface area contributed by atoms with E-state index in [-0.39, 0.29) is 30.4 Å². The molecule has 39 heavy (non-hydrogen) atoms. The molecular formula is C29H35N5O5. The van der Waals surface area contributed by atoms with E-state index in [4.69, 9.17) is 9.47 Å². The number of rotatable bonds is 11. The van der Waals surface area contributed by atoms with E-state index in [0.717, 1.165) is 16.9 Å². The number of aromatic nitrogens is 2. The Morgan fingerprint density at radius 1 is 1.05 bits per heavy atom. The zero-order chi connectivity index (χ0) is 28.0. The zero-order valence-corrected chi connectivity index (χ0v) is 22.8. The third-order valence-corrected chi connectivity index (χ3v) is 6.83. The quantitative estimate of drug-likeness (QED) is 0.391. The van der Waals surface area contributed by atoms with Crippen molar-refractivity contribution in [2.24, 2.45) is 0 Å². The fraction of sp³-hybridized carbons (Fsp3) is 0.379. The van der Waals surface area contributed by atoms with Crippen LogP contribution in [0.1, 0.15) is 59.3 Å². The van der Waals surface area contributed by atoms with Crippen LogP contribution in [0.5, 0.6) is 11.5 Å². The van der Waals surface area contributed by atoms with E-state index in [1.165, 1.54) is 6.33 Å². The third-order valence-electron chi connectivity index (χ3n) is 6.83. The van der Waals surface area contributed by atoms with Crippen LogP contribution in [0.4, 0.5) is 0 Å². The number of nitrogens with zero attached hydrogens (tertiary/aromatic N) is 3. The average molecular weight is 534 g/mol. The number of para-hydroxylation sites is 1. The minimum absolute atomic E-state index is 0.0377. The molecule has 0 bridgehead atoms. The number of benzene rings is 2. The predicted molar refractivity (Wildman–Crippen MR) is 146 cm³/mol. The standard InChI is InChI=1S/C29H35N5O5/c1-5-15-34-27(36)25-24(26(35)30-17-21-9-7-8-10-23(21)39-6-2)32-19-33(25)18-29(34,3)28(37)31-16-20-11-13-22(38-4)14-12-20/h7-14,19H,5-6,15-18H2,1-4H3,(H,30,35)(H,31,37)/t29-/m0/s1. The molecule has 1 aromatic heterocycles. The smallest absolute Gasteiger partial charge is 0.273 e. The molecule has 0 unspecified atom stereocenters. The van der Waals surface area contributed by atoms with Crippen LogP contribution in [0.2, 0.25) is 0 Å². The number of fused-ring (bicyclic) bond motifs is 1. The van der Waals surface area contributed by atoms with Gasteiger partial charge in [-0.2, -0.15) is 0 Å². The van der Waals surface area contributed by atoms with Crippen molar-refractivity contribution in [3.63, 3.8) is 0 Å². The van der Waals surface area contributed by atoms with Crippen LogP contribution in [-0.2, 0) is 24.4 Å². The van der Waals surface area contributed by atoms with Gasteiger partial charge in [0.05, 0.1) is 26.6 Å². The molecule has 0 radical (unpaired) electrons. The maximum atomic E-state index is 13.7. The first-order valence-corrected chi connectivity index (χ1v) is 13.1. The van der Waals surface area contributed by atoms with E-state index < -0.39 is 17.4 Å². The van der Waals surface area contributed by atoms with Crippen molar-refractivity contribution >= 4 is 17.7 Å². The minimum Gasteiger partial charge on any atom is -0.497 e. The molecule has 1 atom stereocenters. The summed E-state index contributed by atoms with van der Waals surface area (Å²) >= 11 is 0. The van der Waals surface area contributed by atoms with E-state index in [9.17, 15) is 14.4 Å². The summed E-state index contributed by atoms with van der Waals surface area (Å²) < 4.78 is 12.4. The lowest BCUT2D eigenvalue weighted by Crippen LogP contribution is -2.64. The van der Waals surface area contributed by atoms with Crippen molar-refractivity contribution < 1.29 is 23.9 Å². The van der Waals surface area contributed by atoms with Crippen molar-refractivity contribution in [2.45, 2.75) is 52.4 Å². The second-order valence-electron chi connectivity index (χ2n) is 9.55. The number of ether oxygens (including phenoxy) is 2. The second-order valence-corrected chi connectivity index (χ2v) is 9.55. The molecule has 2 heterocycles. The minimum atomic E-state index is -1.16. The molecule has 0 spiro atoms. The van der Waals surface area contributed by atoms with Gasteiger partial charge in [0, 0.05) is 25.2 Å². The maximum absolute atomic E-state index is 13.7. The topological polar surface area (TPSA) is 115 Å². The molecule has 0 fully saturated rings. The number of carbonyl (C=O) groups excluding carboxylic acids is 3. The first-order valence-electron chi connectivity index (χ1n) is 13.1. The van der Waals surface area contributed by atoms with Gasteiger partial charge in [0.1, 0.15) is 22.7 Å². The van der Waals surface area contributed by atoms with Crippen LogP contribution < -0.4 is 20.1 Å². The molecule has 0 aliphatic carbocycles. The SMILES string of the molecule is CCCN1C(=O)c2c(C(=O)NCc3ccccc3OCC)ncn2C[C@@]1(C)C(=O)NCc1ccc(OC)cc1. The van der Waals surface area contributed by atoms with Gasteiger partial charge in [-0.15, -0.1) is 0 Å². The highest BCUT2D eigenvalue weighted by molar-refractivity contribution is 6.07. The van der Waals surface area contributed by atoms with Crippen molar-refractivity contribution in [1.82, 2.24) is 25.1 Å². The molecule has 2 N–H and O–H groups in total. The van der Waals surface area contributed by atoms with Gasteiger partial charge in [0.2, 0.25) is 5.91 Å². The molecule has 10 nitrogen and oxygen atoms in total. The molecule has 1 aliphatic rings. The summed E-state index contributed by atoms with van der Waals surface area (Å²) in [5.74, 6) is 0.275. The molecular weight excluding hydrogens is 498 g/mol. The van der Waals surface area contributed by atoms with Crippen LogP contribution in [0.25, 0.3) is 0 Å². The summed E-state index contributed by atoms with van der Waals surface area (Å²) in [7, 11) is 1.60. The molecule has 0 saturated heterocycles. The van der Waals surface area contributed by atoms with Crippen LogP contribution >= 0.6 is 0 Å². The van der Waals surface area contributed by atoms with Gasteiger partial charge in [0.25, 0.3) is 11.8 Å². The molecule has 2 aromatic carbocycles. The predicted octanol–water partition coefficient (Wildman–Crippen LogP) is 3.16. The normalized spacial score (nSPS) is 16.4. The Kier molecular flexibility index (Phi) is 8.53. The highest BCUT2D eigenvalue weighted by Crippen LogP contribution is 2.29. The first-order chi connectivity index (χ1) is 18.8. The van der Waals surface area contributed by atoms with Gasteiger partial charge in [-0.1, -0.05) is 37.3 Å². The fourth-order valence-electron chi connectivity index (χ4n) is 4.75. The molecule has 3 amide bonds. The molecule has 10 heteroatoms. The monoisotopic (exact) mass is 533 g/mol. The molecule has 1 aliphatic heterocycles. The summed E-state index contributed by atoms with van der Waals surface area (Å²) in [6, 6.07) is 14.9. The number of imidazole rings is 1. The lowest BCUT2D eigenvalue weighted by molar-refractivity contribution is -0.133. The highest BCUT2D eigenvalue weighted by atomic mass is 16.5. The summed E-state index contributed by atoms with van der Waals surface area (Å²) in [6.07, 6.45) is 2.10. The molecule has 206 valence electrons. The third kappa shape index (κ3) is 5.74. The van der Waals surface area contributed by atoms with Crippen LogP contribution in [0.3, 0.4) is 0 Å². The van der Waals surface area contributed by atoms with Crippen molar-refractivity contribution in [2.75, 3.05) is 20.3 Å². The van der Waals surface area contributed by atoms with Gasteiger partial charge in [-0.25, -0.2) is 4.98 Å². The molecule has 0 saturated carbocycles. The summed E-state index contributed by atoms with van der Waals surface area (Å²) in [5, 5.41) is 5.83. The van der Waals surface area contributed by atoms with Gasteiger partial charge in [-0.05, 0) is 44.0 Å². The van der Waals surface area contributed by atoms with E-state index >= 15 is 0 Å². The lowest BCUT2D eigenvalue weighted by Gasteiger charge is -2.43. The van der Waals surface area contributed by atoms with Crippen LogP contribution in [-0.4, -0.2) is 58.0 Å². The number of hydrogen-bond donors (Lipinski definition) is 2.